The highest BCUT2D eigenvalue weighted by molar-refractivity contribution is 6.32. The summed E-state index contributed by atoms with van der Waals surface area (Å²) in [5, 5.41) is 5.58. The summed E-state index contributed by atoms with van der Waals surface area (Å²) in [6.07, 6.45) is -3.07. The Morgan fingerprint density at radius 3 is 1.66 bits per heavy atom. The number of aromatic nitrogens is 2. The lowest BCUT2D eigenvalue weighted by atomic mass is 9.97. The molecule has 7 rings (SSSR count). The van der Waals surface area contributed by atoms with Crippen LogP contribution in [-0.4, -0.2) is 54.2 Å². The van der Waals surface area contributed by atoms with E-state index in [2.05, 4.69) is 20.8 Å². The van der Waals surface area contributed by atoms with Crippen LogP contribution in [-0.2, 0) is 56.5 Å². The van der Waals surface area contributed by atoms with Gasteiger partial charge in [0.1, 0.15) is 30.2 Å². The minimum Gasteiger partial charge on any atom is -0.495 e. The van der Waals surface area contributed by atoms with E-state index in [9.17, 15) is 0 Å². The first-order valence-corrected chi connectivity index (χ1v) is 20.5. The first-order valence-electron chi connectivity index (χ1n) is 20.2. The van der Waals surface area contributed by atoms with E-state index in [-0.39, 0.29) is 19.3 Å². The van der Waals surface area contributed by atoms with Crippen molar-refractivity contribution in [2.24, 2.45) is 0 Å². The second-order valence-corrected chi connectivity index (χ2v) is 15.4. The molecule has 1 aliphatic heterocycles. The van der Waals surface area contributed by atoms with Gasteiger partial charge in [-0.1, -0.05) is 139 Å². The number of rotatable bonds is 19. The van der Waals surface area contributed by atoms with E-state index in [0.29, 0.717) is 42.9 Å². The van der Waals surface area contributed by atoms with Crippen molar-refractivity contribution in [2.45, 2.75) is 90.4 Å². The summed E-state index contributed by atoms with van der Waals surface area (Å²) >= 11 is 6.61. The molecular weight excluding hydrogens is 764 g/mol. The summed E-state index contributed by atoms with van der Waals surface area (Å²) < 4.78 is 48.5. The van der Waals surface area contributed by atoms with Gasteiger partial charge in [0.2, 0.25) is 12.2 Å². The van der Waals surface area contributed by atoms with Crippen molar-refractivity contribution in [3.8, 4) is 11.6 Å². The van der Waals surface area contributed by atoms with Crippen molar-refractivity contribution in [1.82, 2.24) is 9.78 Å². The molecule has 9 nitrogen and oxygen atoms in total. The SMILES string of the molecule is COc1ccc(Cc2c(OC3O[C@H](COCc4ccccc4)[C@@H](OCc4ccccc4)[C@H](OCc4ccccc4)[C@H]3OCc3ccccc3)nn(C(C)C)c2C)cc1Cl. The average molecular weight is 817 g/mol. The molecule has 1 saturated heterocycles. The summed E-state index contributed by atoms with van der Waals surface area (Å²) in [5.74, 6) is 1.05. The van der Waals surface area contributed by atoms with Gasteiger partial charge in [-0.3, -0.25) is 4.68 Å². The molecule has 0 N–H and O–H groups in total. The lowest BCUT2D eigenvalue weighted by Gasteiger charge is -2.45. The van der Waals surface area contributed by atoms with E-state index < -0.39 is 30.7 Å². The van der Waals surface area contributed by atoms with Gasteiger partial charge in [-0.15, -0.1) is 5.10 Å². The van der Waals surface area contributed by atoms with Gasteiger partial charge >= 0.3 is 0 Å². The van der Waals surface area contributed by atoms with Crippen LogP contribution in [0.2, 0.25) is 5.02 Å². The monoisotopic (exact) mass is 816 g/mol. The first-order chi connectivity index (χ1) is 28.9. The topological polar surface area (TPSA) is 82.4 Å². The highest BCUT2D eigenvalue weighted by Gasteiger charge is 2.50. The summed E-state index contributed by atoms with van der Waals surface area (Å²) in [7, 11) is 1.61. The zero-order valence-corrected chi connectivity index (χ0v) is 34.9. The Morgan fingerprint density at radius 1 is 0.644 bits per heavy atom. The number of halogens is 1. The van der Waals surface area contributed by atoms with Crippen LogP contribution in [0, 0.1) is 6.92 Å². The van der Waals surface area contributed by atoms with Crippen LogP contribution in [0.3, 0.4) is 0 Å². The van der Waals surface area contributed by atoms with Crippen LogP contribution < -0.4 is 9.47 Å². The fourth-order valence-electron chi connectivity index (χ4n) is 7.30. The summed E-state index contributed by atoms with van der Waals surface area (Å²) in [6.45, 7) is 7.80. The van der Waals surface area contributed by atoms with Gasteiger partial charge in [-0.25, -0.2) is 0 Å². The van der Waals surface area contributed by atoms with E-state index >= 15 is 0 Å². The molecule has 6 aromatic rings. The predicted octanol–water partition coefficient (Wildman–Crippen LogP) is 10.1. The lowest BCUT2D eigenvalue weighted by Crippen LogP contribution is -2.62. The van der Waals surface area contributed by atoms with Crippen molar-refractivity contribution in [3.05, 3.63) is 184 Å². The van der Waals surface area contributed by atoms with Crippen LogP contribution in [0.25, 0.3) is 0 Å². The number of ether oxygens (including phenoxy) is 7. The Hall–Kier alpha value is -5.00. The zero-order valence-electron chi connectivity index (χ0n) is 34.1. The normalized spacial score (nSPS) is 19.2. The van der Waals surface area contributed by atoms with E-state index in [4.69, 9.17) is 49.9 Å². The van der Waals surface area contributed by atoms with Crippen molar-refractivity contribution < 1.29 is 33.2 Å². The predicted molar refractivity (Wildman–Crippen MR) is 229 cm³/mol. The average Bonchev–Trinajstić information content (AvgIpc) is 3.57. The molecule has 59 heavy (non-hydrogen) atoms. The molecule has 1 aromatic heterocycles. The number of benzene rings is 5. The van der Waals surface area contributed by atoms with Crippen molar-refractivity contribution in [3.63, 3.8) is 0 Å². The molecule has 1 unspecified atom stereocenters. The Labute approximate surface area is 352 Å². The van der Waals surface area contributed by atoms with Gasteiger partial charge in [0, 0.05) is 23.7 Å². The molecule has 0 spiro atoms. The molecule has 10 heteroatoms. The molecule has 5 atom stereocenters. The highest BCUT2D eigenvalue weighted by atomic mass is 35.5. The molecule has 0 saturated carbocycles. The van der Waals surface area contributed by atoms with Gasteiger partial charge in [0.25, 0.3) is 0 Å². The molecule has 0 radical (unpaired) electrons. The quantitative estimate of drug-likeness (QED) is 0.0800. The van der Waals surface area contributed by atoms with Crippen molar-refractivity contribution >= 4 is 11.6 Å². The van der Waals surface area contributed by atoms with Crippen LogP contribution in [0.15, 0.2) is 140 Å². The summed E-state index contributed by atoms with van der Waals surface area (Å²) in [6, 6.07) is 46.2. The maximum Gasteiger partial charge on any atom is 0.239 e. The van der Waals surface area contributed by atoms with Gasteiger partial charge in [0.15, 0.2) is 0 Å². The fourth-order valence-corrected chi connectivity index (χ4v) is 7.58. The molecular formula is C49H53ClN2O7. The largest absolute Gasteiger partial charge is 0.495 e. The molecule has 1 aliphatic rings. The maximum absolute atomic E-state index is 7.01. The van der Waals surface area contributed by atoms with E-state index in [0.717, 1.165) is 39.1 Å². The molecule has 0 bridgehead atoms. The van der Waals surface area contributed by atoms with Crippen LogP contribution in [0.4, 0.5) is 0 Å². The third kappa shape index (κ3) is 11.2. The zero-order chi connectivity index (χ0) is 41.0. The summed E-state index contributed by atoms with van der Waals surface area (Å²) in [5.41, 5.74) is 6.96. The van der Waals surface area contributed by atoms with Crippen molar-refractivity contribution in [2.75, 3.05) is 13.7 Å². The third-order valence-electron chi connectivity index (χ3n) is 10.4. The Balaban J connectivity index is 1.27. The molecule has 0 aliphatic carbocycles. The lowest BCUT2D eigenvalue weighted by molar-refractivity contribution is -0.310. The smallest absolute Gasteiger partial charge is 0.239 e. The molecule has 0 amide bonds. The molecule has 5 aromatic carbocycles. The fraction of sp³-hybridized carbons (Fsp3) is 0.327. The Morgan fingerprint density at radius 2 is 1.15 bits per heavy atom. The first kappa shape index (κ1) is 42.1. The van der Waals surface area contributed by atoms with Gasteiger partial charge in [-0.2, -0.15) is 0 Å². The van der Waals surface area contributed by atoms with Gasteiger partial charge < -0.3 is 33.2 Å². The number of hydrogen-bond acceptors (Lipinski definition) is 8. The minimum atomic E-state index is -0.963. The minimum absolute atomic E-state index is 0.0693. The van der Waals surface area contributed by atoms with Crippen LogP contribution in [0.5, 0.6) is 11.6 Å². The van der Waals surface area contributed by atoms with Crippen LogP contribution in [0.1, 0.15) is 59.0 Å². The van der Waals surface area contributed by atoms with E-state index in [1.165, 1.54) is 0 Å². The number of nitrogens with zero attached hydrogens (tertiary/aromatic N) is 2. The second-order valence-electron chi connectivity index (χ2n) is 15.0. The standard InChI is InChI=1S/C49H53ClN2O7/c1-34(2)52-35(3)41(27-40-25-26-43(53-4)42(50)28-40)48(51-52)59-49-47(57-32-39-23-15-8-16-24-39)46(56-31-38-21-13-7-14-22-38)45(55-30-37-19-11-6-12-20-37)44(58-49)33-54-29-36-17-9-5-10-18-36/h5-26,28,34,44-47,49H,27,29-33H2,1-4H3/t44-,45-,46+,47-,49?/m1/s1. The summed E-state index contributed by atoms with van der Waals surface area (Å²) in [4.78, 5) is 0. The highest BCUT2D eigenvalue weighted by Crippen LogP contribution is 2.36. The van der Waals surface area contributed by atoms with Crippen molar-refractivity contribution in [1.29, 1.82) is 0 Å². The van der Waals surface area contributed by atoms with Crippen LogP contribution >= 0.6 is 11.6 Å². The number of methoxy groups -OCH3 is 1. The van der Waals surface area contributed by atoms with Gasteiger partial charge in [-0.05, 0) is 60.7 Å². The van der Waals surface area contributed by atoms with E-state index in [1.807, 2.05) is 144 Å². The molecule has 308 valence electrons. The maximum atomic E-state index is 7.01. The number of hydrogen-bond donors (Lipinski definition) is 0. The second kappa shape index (κ2) is 20.8. The Kier molecular flexibility index (Phi) is 14.9. The Bertz CT molecular complexity index is 2170. The van der Waals surface area contributed by atoms with Gasteiger partial charge in [0.05, 0.1) is 45.2 Å². The third-order valence-corrected chi connectivity index (χ3v) is 10.7. The molecule has 1 fully saturated rings. The van der Waals surface area contributed by atoms with E-state index in [1.54, 1.807) is 7.11 Å². The molecule has 2 heterocycles.